The highest BCUT2D eigenvalue weighted by atomic mass is 35.5. The van der Waals surface area contributed by atoms with E-state index in [1.807, 2.05) is 0 Å². The zero-order chi connectivity index (χ0) is 27.3. The third-order valence-corrected chi connectivity index (χ3v) is 10.6. The van der Waals surface area contributed by atoms with E-state index in [4.69, 9.17) is 32.5 Å². The summed E-state index contributed by atoms with van der Waals surface area (Å²) < 4.78 is 13.2. The van der Waals surface area contributed by atoms with E-state index < -0.39 is 12.1 Å². The first-order chi connectivity index (χ1) is 18.2. The number of quaternary nitrogens is 1. The molecule has 0 saturated carbocycles. The van der Waals surface area contributed by atoms with Crippen molar-refractivity contribution in [2.45, 2.75) is 102 Å². The fourth-order valence-corrected chi connectivity index (χ4v) is 7.94. The molecule has 0 bridgehead atoms. The highest BCUT2D eigenvalue weighted by Gasteiger charge is 2.46. The molecule has 38 heavy (non-hydrogen) atoms. The van der Waals surface area contributed by atoms with E-state index in [1.54, 1.807) is 0 Å². The zero-order valence-corrected chi connectivity index (χ0v) is 24.8. The van der Waals surface area contributed by atoms with Gasteiger partial charge < -0.3 is 30.7 Å². The lowest BCUT2D eigenvalue weighted by atomic mass is 9.71. The molecule has 0 aromatic rings. The molecule has 0 radical (unpaired) electrons. The van der Waals surface area contributed by atoms with Crippen LogP contribution in [0.2, 0.25) is 0 Å². The van der Waals surface area contributed by atoms with Crippen molar-refractivity contribution in [3.05, 3.63) is 11.1 Å². The summed E-state index contributed by atoms with van der Waals surface area (Å²) >= 11 is 6.62. The molecule has 8 nitrogen and oxygen atoms in total. The number of carbonyl (C=O) groups excluding carboxylic acids is 1. The summed E-state index contributed by atoms with van der Waals surface area (Å²) in [6, 6.07) is -0.153. The van der Waals surface area contributed by atoms with Gasteiger partial charge >= 0.3 is 0 Å². The average molecular weight is 555 g/mol. The number of hydrogen-bond acceptors (Lipinski definition) is 6. The van der Waals surface area contributed by atoms with Crippen molar-refractivity contribution in [3.63, 3.8) is 0 Å². The molecule has 5 unspecified atom stereocenters. The number of ether oxygens (including phenoxy) is 2. The lowest BCUT2D eigenvalue weighted by molar-refractivity contribution is -0.923. The lowest BCUT2D eigenvalue weighted by Gasteiger charge is -2.46. The quantitative estimate of drug-likeness (QED) is 0.315. The molecule has 3 saturated heterocycles. The van der Waals surface area contributed by atoms with Gasteiger partial charge in [-0.25, -0.2) is 0 Å². The predicted octanol–water partition coefficient (Wildman–Crippen LogP) is 2.93. The Labute approximate surface area is 235 Å². The minimum Gasteiger partial charge on any atom is -0.379 e. The molecular weight excluding hydrogens is 502 g/mol. The molecule has 4 aliphatic heterocycles. The summed E-state index contributed by atoms with van der Waals surface area (Å²) in [5.41, 5.74) is 13.0. The maximum absolute atomic E-state index is 14.2. The van der Waals surface area contributed by atoms with Crippen LogP contribution < -0.4 is 16.8 Å². The van der Waals surface area contributed by atoms with Gasteiger partial charge in [0.15, 0.2) is 0 Å². The van der Waals surface area contributed by atoms with Crippen LogP contribution in [0.1, 0.15) is 71.6 Å². The first-order valence-corrected chi connectivity index (χ1v) is 15.5. The molecule has 5 atom stereocenters. The Morgan fingerprint density at radius 1 is 1.26 bits per heavy atom. The zero-order valence-electron chi connectivity index (χ0n) is 24.0. The monoisotopic (exact) mass is 554 g/mol. The van der Waals surface area contributed by atoms with Gasteiger partial charge in [-0.2, -0.15) is 0 Å². The van der Waals surface area contributed by atoms with E-state index in [0.717, 1.165) is 74.2 Å². The summed E-state index contributed by atoms with van der Waals surface area (Å²) in [5, 5.41) is 4.29. The molecule has 0 aromatic heterocycles. The third kappa shape index (κ3) is 7.12. The topological polar surface area (TPSA) is 103 Å². The maximum Gasteiger partial charge on any atom is 0.228 e. The van der Waals surface area contributed by atoms with Gasteiger partial charge in [-0.05, 0) is 38.1 Å². The van der Waals surface area contributed by atoms with Crippen LogP contribution in [-0.2, 0) is 14.3 Å². The number of piperidine rings is 1. The molecule has 4 heterocycles. The molecule has 4 rings (SSSR count). The number of likely N-dealkylation sites (N-methyl/N-ethyl adjacent to an activating group) is 1. The number of amides is 1. The van der Waals surface area contributed by atoms with Crippen LogP contribution in [0.4, 0.5) is 0 Å². The molecule has 1 spiro atoms. The van der Waals surface area contributed by atoms with Crippen molar-refractivity contribution in [2.75, 3.05) is 53.0 Å². The van der Waals surface area contributed by atoms with Crippen molar-refractivity contribution in [3.8, 4) is 0 Å². The van der Waals surface area contributed by atoms with Gasteiger partial charge in [0.2, 0.25) is 5.91 Å². The number of allylic oxidation sites excluding steroid dienone is 1. The largest absolute Gasteiger partial charge is 0.379 e. The minimum absolute atomic E-state index is 0.00864. The fraction of sp³-hybridized carbons (Fsp3) is 0.897. The fourth-order valence-electron chi connectivity index (χ4n) is 7.64. The predicted molar refractivity (Wildman–Crippen MR) is 152 cm³/mol. The smallest absolute Gasteiger partial charge is 0.228 e. The minimum atomic E-state index is -0.765. The van der Waals surface area contributed by atoms with Crippen molar-refractivity contribution in [1.82, 2.24) is 10.2 Å². The first-order valence-electron chi connectivity index (χ1n) is 15.1. The Hall–Kier alpha value is -0.740. The van der Waals surface area contributed by atoms with Crippen LogP contribution in [0, 0.1) is 11.3 Å². The molecule has 4 aliphatic rings. The normalized spacial score (nSPS) is 33.0. The second-order valence-electron chi connectivity index (χ2n) is 12.7. The Morgan fingerprint density at radius 3 is 2.63 bits per heavy atom. The van der Waals surface area contributed by atoms with E-state index in [9.17, 15) is 4.79 Å². The van der Waals surface area contributed by atoms with Crippen molar-refractivity contribution >= 4 is 17.5 Å². The van der Waals surface area contributed by atoms with Crippen LogP contribution in [0.15, 0.2) is 11.1 Å². The Balaban J connectivity index is 1.57. The summed E-state index contributed by atoms with van der Waals surface area (Å²) in [6.07, 6.45) is 10.9. The van der Waals surface area contributed by atoms with Crippen molar-refractivity contribution in [1.29, 1.82) is 0 Å². The molecule has 0 aromatic carbocycles. The summed E-state index contributed by atoms with van der Waals surface area (Å²) in [7, 11) is 2.06. The number of nitrogens with zero attached hydrogens (tertiary/aromatic N) is 2. The Morgan fingerprint density at radius 2 is 2.00 bits per heavy atom. The SMILES string of the molecule is CCC1(CC)CCC=C(Cl)CN(C)C(C(C(=O)NC2C[N+]3(CCCC3)CCC2OC2CCOC2)C(N)N)C1. The van der Waals surface area contributed by atoms with Gasteiger partial charge in [-0.3, -0.25) is 9.69 Å². The van der Waals surface area contributed by atoms with Gasteiger partial charge in [0.1, 0.15) is 12.6 Å². The molecule has 1 amide bonds. The first kappa shape index (κ1) is 30.2. The van der Waals surface area contributed by atoms with Gasteiger partial charge in [-0.1, -0.05) is 44.4 Å². The lowest BCUT2D eigenvalue weighted by Crippen LogP contribution is -2.66. The molecule has 5 N–H and O–H groups in total. The van der Waals surface area contributed by atoms with Crippen LogP contribution >= 0.6 is 11.6 Å². The number of carbonyl (C=O) groups is 1. The maximum atomic E-state index is 14.2. The van der Waals surface area contributed by atoms with Crippen LogP contribution in [-0.4, -0.2) is 98.7 Å². The summed E-state index contributed by atoms with van der Waals surface area (Å²) in [5.74, 6) is -0.581. The Bertz CT molecular complexity index is 808. The molecule has 9 heteroatoms. The van der Waals surface area contributed by atoms with Crippen LogP contribution in [0.3, 0.4) is 0 Å². The number of nitrogens with one attached hydrogen (secondary N) is 1. The standard InChI is InChI=1S/C29H52ClN5O3/c1-4-29(5-2)12-8-9-21(30)18-34(3)24(17-29)26(27(31)32)28(36)33-23-19-35(13-6-7-14-35)15-10-25(23)38-22-11-16-37-20-22/h9,22-27H,4-8,10-20,31-32H2,1-3H3/p+1. The van der Waals surface area contributed by atoms with Crippen LogP contribution in [0.25, 0.3) is 0 Å². The van der Waals surface area contributed by atoms with Crippen LogP contribution in [0.5, 0.6) is 0 Å². The summed E-state index contributed by atoms with van der Waals surface area (Å²) in [6.45, 7) is 10.9. The molecule has 0 aliphatic carbocycles. The third-order valence-electron chi connectivity index (χ3n) is 10.3. The number of halogens is 1. The van der Waals surface area contributed by atoms with Gasteiger partial charge in [0.25, 0.3) is 0 Å². The number of hydrogen-bond donors (Lipinski definition) is 3. The molecule has 218 valence electrons. The van der Waals surface area contributed by atoms with Gasteiger partial charge in [0.05, 0.1) is 50.5 Å². The van der Waals surface area contributed by atoms with Crippen molar-refractivity contribution < 1.29 is 18.8 Å². The number of rotatable bonds is 8. The highest BCUT2D eigenvalue weighted by molar-refractivity contribution is 6.29. The molecular formula is C29H53ClN5O3+. The number of nitrogens with two attached hydrogens (primary N) is 2. The van der Waals surface area contributed by atoms with Gasteiger partial charge in [-0.15, -0.1) is 0 Å². The second-order valence-corrected chi connectivity index (χ2v) is 13.1. The average Bonchev–Trinajstić information content (AvgIpc) is 3.57. The summed E-state index contributed by atoms with van der Waals surface area (Å²) in [4.78, 5) is 16.4. The van der Waals surface area contributed by atoms with Gasteiger partial charge in [0, 0.05) is 43.5 Å². The van der Waals surface area contributed by atoms with E-state index in [0.29, 0.717) is 13.2 Å². The van der Waals surface area contributed by atoms with E-state index in [2.05, 4.69) is 37.2 Å². The molecule has 3 fully saturated rings. The van der Waals surface area contributed by atoms with E-state index in [-0.39, 0.29) is 35.6 Å². The Kier molecular flexibility index (Phi) is 10.6. The van der Waals surface area contributed by atoms with E-state index >= 15 is 0 Å². The van der Waals surface area contributed by atoms with E-state index in [1.165, 1.54) is 25.9 Å². The second kappa shape index (κ2) is 13.3. The van der Waals surface area contributed by atoms with Crippen molar-refractivity contribution in [2.24, 2.45) is 22.8 Å². The highest BCUT2D eigenvalue weighted by Crippen LogP contribution is 2.41.